The Morgan fingerprint density at radius 1 is 1.07 bits per heavy atom. The average molecular weight is 401 g/mol. The molecule has 0 amide bonds. The number of nitrogens with zero attached hydrogens (tertiary/aromatic N) is 2. The summed E-state index contributed by atoms with van der Waals surface area (Å²) in [4.78, 5) is 17.4. The number of thioether (sulfide) groups is 1. The molecule has 0 aliphatic rings. The molecule has 3 rings (SSSR count). The van der Waals surface area contributed by atoms with Crippen molar-refractivity contribution in [3.8, 4) is 11.5 Å². The van der Waals surface area contributed by atoms with Crippen LogP contribution in [0.5, 0.6) is 11.5 Å². The molecule has 0 unspecified atom stereocenters. The number of hydrogen-bond donors (Lipinski definition) is 1. The maximum absolute atomic E-state index is 12.8. The number of fused-ring (bicyclic) bond motifs is 1. The number of aliphatic hydroxyl groups is 1. The largest absolute Gasteiger partial charge is 0.497 e. The Balaban J connectivity index is 1.61. The van der Waals surface area contributed by atoms with Crippen molar-refractivity contribution in [2.45, 2.75) is 24.5 Å². The van der Waals surface area contributed by atoms with Gasteiger partial charge in [0.25, 0.3) is 5.56 Å². The van der Waals surface area contributed by atoms with Crippen LogP contribution in [0.3, 0.4) is 0 Å². The molecule has 0 saturated heterocycles. The lowest BCUT2D eigenvalue weighted by atomic mass is 10.2. The Bertz CT molecular complexity index is 957. The summed E-state index contributed by atoms with van der Waals surface area (Å²) in [7, 11) is 1.63. The molecular formula is C21H24N2O4S. The summed E-state index contributed by atoms with van der Waals surface area (Å²) in [5, 5.41) is 10.4. The van der Waals surface area contributed by atoms with Gasteiger partial charge in [-0.3, -0.25) is 9.36 Å². The molecule has 0 saturated carbocycles. The van der Waals surface area contributed by atoms with Crippen molar-refractivity contribution >= 4 is 22.7 Å². The highest BCUT2D eigenvalue weighted by molar-refractivity contribution is 7.99. The molecule has 1 N–H and O–H groups in total. The number of para-hydroxylation sites is 1. The van der Waals surface area contributed by atoms with Crippen LogP contribution in [0.25, 0.3) is 10.9 Å². The Labute approximate surface area is 168 Å². The van der Waals surface area contributed by atoms with E-state index in [1.807, 2.05) is 42.5 Å². The van der Waals surface area contributed by atoms with Gasteiger partial charge < -0.3 is 14.6 Å². The number of rotatable bonds is 10. The molecule has 1 heterocycles. The highest BCUT2D eigenvalue weighted by Gasteiger charge is 2.11. The van der Waals surface area contributed by atoms with Crippen molar-refractivity contribution in [1.29, 1.82) is 0 Å². The predicted molar refractivity (Wildman–Crippen MR) is 112 cm³/mol. The summed E-state index contributed by atoms with van der Waals surface area (Å²) < 4.78 is 12.5. The van der Waals surface area contributed by atoms with Crippen LogP contribution in [0, 0.1) is 0 Å². The molecule has 0 bridgehead atoms. The molecule has 2 aromatic carbocycles. The SMILES string of the molecule is COc1ccc(OCCCSc2nc3ccccc3c(=O)n2CCCO)cc1. The smallest absolute Gasteiger partial charge is 0.262 e. The van der Waals surface area contributed by atoms with Gasteiger partial charge in [-0.15, -0.1) is 0 Å². The number of hydrogen-bond acceptors (Lipinski definition) is 6. The van der Waals surface area contributed by atoms with Crippen molar-refractivity contribution in [3.05, 3.63) is 58.9 Å². The van der Waals surface area contributed by atoms with Crippen molar-refractivity contribution in [2.24, 2.45) is 0 Å². The average Bonchev–Trinajstić information content (AvgIpc) is 2.73. The zero-order valence-corrected chi connectivity index (χ0v) is 16.7. The minimum Gasteiger partial charge on any atom is -0.497 e. The second kappa shape index (κ2) is 10.1. The van der Waals surface area contributed by atoms with E-state index in [4.69, 9.17) is 14.6 Å². The standard InChI is InChI=1S/C21H24N2O4S/c1-26-16-8-10-17(11-9-16)27-14-5-15-28-21-22-19-7-3-2-6-18(19)20(25)23(21)12-4-13-24/h2-3,6-11,24H,4-5,12-15H2,1H3. The van der Waals surface area contributed by atoms with Crippen LogP contribution >= 0.6 is 11.8 Å². The topological polar surface area (TPSA) is 73.6 Å². The van der Waals surface area contributed by atoms with Gasteiger partial charge in [0.1, 0.15) is 11.5 Å². The summed E-state index contributed by atoms with van der Waals surface area (Å²) in [6.45, 7) is 1.07. The first kappa shape index (κ1) is 20.2. The number of aliphatic hydroxyl groups excluding tert-OH is 1. The zero-order chi connectivity index (χ0) is 19.8. The normalized spacial score (nSPS) is 10.9. The van der Waals surface area contributed by atoms with E-state index >= 15 is 0 Å². The van der Waals surface area contributed by atoms with Gasteiger partial charge in [0.2, 0.25) is 0 Å². The van der Waals surface area contributed by atoms with E-state index in [-0.39, 0.29) is 12.2 Å². The first-order chi connectivity index (χ1) is 13.7. The number of ether oxygens (including phenoxy) is 2. The van der Waals surface area contributed by atoms with Gasteiger partial charge in [0.15, 0.2) is 5.16 Å². The van der Waals surface area contributed by atoms with Crippen molar-refractivity contribution in [1.82, 2.24) is 9.55 Å². The van der Waals surface area contributed by atoms with Gasteiger partial charge in [0.05, 0.1) is 24.6 Å². The quantitative estimate of drug-likeness (QED) is 0.320. The fourth-order valence-electron chi connectivity index (χ4n) is 2.77. The molecule has 3 aromatic rings. The van der Waals surface area contributed by atoms with Crippen molar-refractivity contribution in [3.63, 3.8) is 0 Å². The summed E-state index contributed by atoms with van der Waals surface area (Å²) >= 11 is 1.54. The van der Waals surface area contributed by atoms with Gasteiger partial charge in [-0.25, -0.2) is 4.98 Å². The van der Waals surface area contributed by atoms with E-state index in [0.29, 0.717) is 35.6 Å². The third-order valence-electron chi connectivity index (χ3n) is 4.21. The van der Waals surface area contributed by atoms with E-state index in [2.05, 4.69) is 4.98 Å². The zero-order valence-electron chi connectivity index (χ0n) is 15.8. The molecule has 0 aliphatic carbocycles. The van der Waals surface area contributed by atoms with Crippen LogP contribution in [0.1, 0.15) is 12.8 Å². The van der Waals surface area contributed by atoms with Gasteiger partial charge in [-0.1, -0.05) is 23.9 Å². The van der Waals surface area contributed by atoms with E-state index < -0.39 is 0 Å². The van der Waals surface area contributed by atoms with Crippen LogP contribution in [-0.4, -0.2) is 40.7 Å². The second-order valence-electron chi connectivity index (χ2n) is 6.17. The first-order valence-electron chi connectivity index (χ1n) is 9.23. The molecule has 0 radical (unpaired) electrons. The summed E-state index contributed by atoms with van der Waals surface area (Å²) in [5.41, 5.74) is 0.640. The summed E-state index contributed by atoms with van der Waals surface area (Å²) in [5.74, 6) is 2.38. The second-order valence-corrected chi connectivity index (χ2v) is 7.23. The molecule has 28 heavy (non-hydrogen) atoms. The lowest BCUT2D eigenvalue weighted by Crippen LogP contribution is -2.24. The Morgan fingerprint density at radius 3 is 2.57 bits per heavy atom. The third-order valence-corrected chi connectivity index (χ3v) is 5.28. The Hall–Kier alpha value is -2.51. The van der Waals surface area contributed by atoms with Gasteiger partial charge >= 0.3 is 0 Å². The third kappa shape index (κ3) is 5.05. The van der Waals surface area contributed by atoms with Gasteiger partial charge in [0, 0.05) is 18.9 Å². The molecule has 0 fully saturated rings. The molecule has 7 heteroatoms. The molecule has 6 nitrogen and oxygen atoms in total. The van der Waals surface area contributed by atoms with Crippen LogP contribution in [-0.2, 0) is 6.54 Å². The number of aromatic nitrogens is 2. The van der Waals surface area contributed by atoms with Crippen LogP contribution in [0.4, 0.5) is 0 Å². The van der Waals surface area contributed by atoms with Crippen molar-refractivity contribution < 1.29 is 14.6 Å². The van der Waals surface area contributed by atoms with Gasteiger partial charge in [-0.05, 0) is 49.2 Å². The minimum absolute atomic E-state index is 0.0407. The number of benzene rings is 2. The lowest BCUT2D eigenvalue weighted by molar-refractivity contribution is 0.276. The summed E-state index contributed by atoms with van der Waals surface area (Å²) in [6.07, 6.45) is 1.34. The van der Waals surface area contributed by atoms with Crippen LogP contribution in [0.15, 0.2) is 58.5 Å². The molecule has 148 valence electrons. The maximum Gasteiger partial charge on any atom is 0.262 e. The molecule has 1 aromatic heterocycles. The molecular weight excluding hydrogens is 376 g/mol. The fourth-order valence-corrected chi connectivity index (χ4v) is 3.71. The minimum atomic E-state index is -0.0592. The molecule has 0 spiro atoms. The summed E-state index contributed by atoms with van der Waals surface area (Å²) in [6, 6.07) is 14.8. The number of methoxy groups -OCH3 is 1. The van der Waals surface area contributed by atoms with Crippen LogP contribution in [0.2, 0.25) is 0 Å². The Morgan fingerprint density at radius 2 is 1.82 bits per heavy atom. The highest BCUT2D eigenvalue weighted by atomic mass is 32.2. The molecule has 0 aliphatic heterocycles. The Kier molecular flexibility index (Phi) is 7.33. The predicted octanol–water partition coefficient (Wildman–Crippen LogP) is 3.35. The highest BCUT2D eigenvalue weighted by Crippen LogP contribution is 2.20. The monoisotopic (exact) mass is 400 g/mol. The van der Waals surface area contributed by atoms with Gasteiger partial charge in [-0.2, -0.15) is 0 Å². The lowest BCUT2D eigenvalue weighted by Gasteiger charge is -2.12. The van der Waals surface area contributed by atoms with Crippen molar-refractivity contribution in [2.75, 3.05) is 26.1 Å². The fraction of sp³-hybridized carbons (Fsp3) is 0.333. The van der Waals surface area contributed by atoms with E-state index in [1.54, 1.807) is 17.7 Å². The molecule has 0 atom stereocenters. The van der Waals surface area contributed by atoms with E-state index in [1.165, 1.54) is 11.8 Å². The first-order valence-corrected chi connectivity index (χ1v) is 10.2. The van der Waals surface area contributed by atoms with Crippen LogP contribution < -0.4 is 15.0 Å². The maximum atomic E-state index is 12.8. The van der Waals surface area contributed by atoms with E-state index in [9.17, 15) is 4.79 Å². The van der Waals surface area contributed by atoms with E-state index in [0.717, 1.165) is 23.7 Å².